The zero-order chi connectivity index (χ0) is 17.7. The van der Waals surface area contributed by atoms with Crippen LogP contribution in [0, 0.1) is 12.8 Å². The molecule has 0 bridgehead atoms. The smallest absolute Gasteiger partial charge is 0.174 e. The van der Waals surface area contributed by atoms with Crippen molar-refractivity contribution in [3.8, 4) is 0 Å². The average Bonchev–Trinajstić information content (AvgIpc) is 3.06. The van der Waals surface area contributed by atoms with Crippen molar-refractivity contribution in [2.24, 2.45) is 5.92 Å². The summed E-state index contributed by atoms with van der Waals surface area (Å²) in [4.78, 5) is 2.18. The van der Waals surface area contributed by atoms with Crippen molar-refractivity contribution >= 4 is 34.6 Å². The SMILES string of the molecule is Cc1c(Cl)cccc1NC(=S)N(CCC(C)C)[C@@H](C)c1ccco1. The number of benzene rings is 1. The van der Waals surface area contributed by atoms with Crippen LogP contribution < -0.4 is 5.32 Å². The molecule has 2 rings (SSSR count). The molecule has 1 heterocycles. The van der Waals surface area contributed by atoms with E-state index in [0.717, 1.165) is 35.0 Å². The normalized spacial score (nSPS) is 12.2. The van der Waals surface area contributed by atoms with Gasteiger partial charge < -0.3 is 14.6 Å². The fourth-order valence-electron chi connectivity index (χ4n) is 2.48. The van der Waals surface area contributed by atoms with E-state index < -0.39 is 0 Å². The predicted molar refractivity (Wildman–Crippen MR) is 106 cm³/mol. The fraction of sp³-hybridized carbons (Fsp3) is 0.421. The molecule has 0 saturated carbocycles. The van der Waals surface area contributed by atoms with E-state index in [4.69, 9.17) is 28.2 Å². The Morgan fingerprint density at radius 2 is 2.00 bits per heavy atom. The predicted octanol–water partition coefficient (Wildman–Crippen LogP) is 6.05. The maximum absolute atomic E-state index is 6.21. The second kappa shape index (κ2) is 8.54. The van der Waals surface area contributed by atoms with E-state index in [1.54, 1.807) is 6.26 Å². The van der Waals surface area contributed by atoms with Crippen LogP contribution in [0.4, 0.5) is 5.69 Å². The number of anilines is 1. The first-order chi connectivity index (χ1) is 11.4. The van der Waals surface area contributed by atoms with E-state index in [-0.39, 0.29) is 6.04 Å². The van der Waals surface area contributed by atoms with Crippen LogP contribution in [-0.2, 0) is 0 Å². The molecule has 5 heteroatoms. The van der Waals surface area contributed by atoms with Crippen molar-refractivity contribution in [1.29, 1.82) is 0 Å². The van der Waals surface area contributed by atoms with Crippen LogP contribution in [0.5, 0.6) is 0 Å². The Balaban J connectivity index is 2.18. The van der Waals surface area contributed by atoms with Gasteiger partial charge in [-0.05, 0) is 68.2 Å². The Hall–Kier alpha value is -1.52. The number of rotatable bonds is 6. The highest BCUT2D eigenvalue weighted by Crippen LogP contribution is 2.26. The van der Waals surface area contributed by atoms with Crippen LogP contribution >= 0.6 is 23.8 Å². The summed E-state index contributed by atoms with van der Waals surface area (Å²) in [7, 11) is 0. The van der Waals surface area contributed by atoms with E-state index in [9.17, 15) is 0 Å². The second-order valence-corrected chi connectivity index (χ2v) is 7.20. The first-order valence-corrected chi connectivity index (χ1v) is 9.05. The highest BCUT2D eigenvalue weighted by Gasteiger charge is 2.21. The molecule has 0 fully saturated rings. The van der Waals surface area contributed by atoms with Gasteiger partial charge in [-0.15, -0.1) is 0 Å². The van der Waals surface area contributed by atoms with Crippen molar-refractivity contribution in [3.63, 3.8) is 0 Å². The van der Waals surface area contributed by atoms with E-state index >= 15 is 0 Å². The molecule has 1 N–H and O–H groups in total. The number of halogens is 1. The van der Waals surface area contributed by atoms with Crippen LogP contribution in [0.15, 0.2) is 41.0 Å². The maximum atomic E-state index is 6.21. The van der Waals surface area contributed by atoms with Gasteiger partial charge in [-0.25, -0.2) is 0 Å². The Kier molecular flexibility index (Phi) is 6.69. The van der Waals surface area contributed by atoms with Gasteiger partial charge >= 0.3 is 0 Å². The molecule has 0 aliphatic rings. The second-order valence-electron chi connectivity index (χ2n) is 6.41. The summed E-state index contributed by atoms with van der Waals surface area (Å²) < 4.78 is 5.58. The summed E-state index contributed by atoms with van der Waals surface area (Å²) in [5.74, 6) is 1.51. The number of furan rings is 1. The fourth-order valence-corrected chi connectivity index (χ4v) is 3.01. The van der Waals surface area contributed by atoms with Crippen molar-refractivity contribution in [3.05, 3.63) is 52.9 Å². The summed E-state index contributed by atoms with van der Waals surface area (Å²) in [6.07, 6.45) is 2.76. The van der Waals surface area contributed by atoms with Gasteiger partial charge in [-0.1, -0.05) is 31.5 Å². The molecule has 0 unspecified atom stereocenters. The van der Waals surface area contributed by atoms with Crippen molar-refractivity contribution in [2.75, 3.05) is 11.9 Å². The van der Waals surface area contributed by atoms with Crippen LogP contribution in [0.25, 0.3) is 0 Å². The minimum absolute atomic E-state index is 0.0678. The summed E-state index contributed by atoms with van der Waals surface area (Å²) in [5, 5.41) is 4.77. The molecule has 0 saturated heterocycles. The Morgan fingerprint density at radius 3 is 2.62 bits per heavy atom. The van der Waals surface area contributed by atoms with Gasteiger partial charge in [-0.2, -0.15) is 0 Å². The molecule has 0 radical (unpaired) electrons. The van der Waals surface area contributed by atoms with Crippen molar-refractivity contribution in [2.45, 2.75) is 40.2 Å². The largest absolute Gasteiger partial charge is 0.467 e. The molecule has 1 atom stereocenters. The highest BCUT2D eigenvalue weighted by atomic mass is 35.5. The lowest BCUT2D eigenvalue weighted by Gasteiger charge is -2.31. The molecular weight excluding hydrogens is 340 g/mol. The maximum Gasteiger partial charge on any atom is 0.174 e. The highest BCUT2D eigenvalue weighted by molar-refractivity contribution is 7.80. The Bertz CT molecular complexity index is 670. The van der Waals surface area contributed by atoms with Gasteiger partial charge in [0.15, 0.2) is 5.11 Å². The summed E-state index contributed by atoms with van der Waals surface area (Å²) in [5.41, 5.74) is 1.93. The standard InChI is InChI=1S/C19H25ClN2OS/c1-13(2)10-11-22(15(4)18-9-6-12-23-18)19(24)21-17-8-5-7-16(20)14(17)3/h5-9,12-13,15H,10-11H2,1-4H3,(H,21,24)/t15-/m0/s1. The molecule has 0 aliphatic heterocycles. The van der Waals surface area contributed by atoms with Crippen LogP contribution in [0.1, 0.15) is 44.6 Å². The molecule has 2 aromatic rings. The van der Waals surface area contributed by atoms with Gasteiger partial charge in [0.25, 0.3) is 0 Å². The lowest BCUT2D eigenvalue weighted by molar-refractivity contribution is 0.281. The Morgan fingerprint density at radius 1 is 1.25 bits per heavy atom. The van der Waals surface area contributed by atoms with Gasteiger partial charge in [0.1, 0.15) is 5.76 Å². The quantitative estimate of drug-likeness (QED) is 0.632. The van der Waals surface area contributed by atoms with Crippen LogP contribution in [-0.4, -0.2) is 16.6 Å². The Labute approximate surface area is 155 Å². The lowest BCUT2D eigenvalue weighted by atomic mass is 10.1. The molecule has 0 spiro atoms. The molecule has 0 amide bonds. The molecule has 1 aromatic heterocycles. The lowest BCUT2D eigenvalue weighted by Crippen LogP contribution is -2.38. The van der Waals surface area contributed by atoms with E-state index in [1.807, 2.05) is 37.3 Å². The zero-order valence-corrected chi connectivity index (χ0v) is 16.2. The summed E-state index contributed by atoms with van der Waals surface area (Å²) >= 11 is 11.9. The molecular formula is C19H25ClN2OS. The molecule has 24 heavy (non-hydrogen) atoms. The molecule has 1 aromatic carbocycles. The van der Waals surface area contributed by atoms with Crippen molar-refractivity contribution in [1.82, 2.24) is 4.90 Å². The number of hydrogen-bond acceptors (Lipinski definition) is 2. The first kappa shape index (κ1) is 18.8. The van der Waals surface area contributed by atoms with Gasteiger partial charge in [0.05, 0.1) is 12.3 Å². The van der Waals surface area contributed by atoms with Crippen LogP contribution in [0.2, 0.25) is 5.02 Å². The summed E-state index contributed by atoms with van der Waals surface area (Å²) in [6.45, 7) is 9.39. The van der Waals surface area contributed by atoms with Crippen LogP contribution in [0.3, 0.4) is 0 Å². The molecule has 130 valence electrons. The summed E-state index contributed by atoms with van der Waals surface area (Å²) in [6, 6.07) is 9.76. The third-order valence-electron chi connectivity index (χ3n) is 4.14. The molecule has 3 nitrogen and oxygen atoms in total. The minimum atomic E-state index is 0.0678. The van der Waals surface area contributed by atoms with Crippen molar-refractivity contribution < 1.29 is 4.42 Å². The molecule has 0 aliphatic carbocycles. The number of nitrogens with zero attached hydrogens (tertiary/aromatic N) is 1. The van der Waals surface area contributed by atoms with Gasteiger partial charge in [-0.3, -0.25) is 0 Å². The number of thiocarbonyl (C=S) groups is 1. The van der Waals surface area contributed by atoms with E-state index in [1.165, 1.54) is 0 Å². The third kappa shape index (κ3) is 4.74. The topological polar surface area (TPSA) is 28.4 Å². The third-order valence-corrected chi connectivity index (χ3v) is 4.89. The number of nitrogens with one attached hydrogen (secondary N) is 1. The number of hydrogen-bond donors (Lipinski definition) is 1. The zero-order valence-electron chi connectivity index (χ0n) is 14.7. The monoisotopic (exact) mass is 364 g/mol. The van der Waals surface area contributed by atoms with Gasteiger partial charge in [0.2, 0.25) is 0 Å². The van der Waals surface area contributed by atoms with Gasteiger partial charge in [0, 0.05) is 17.3 Å². The van der Waals surface area contributed by atoms with E-state index in [2.05, 4.69) is 31.0 Å². The average molecular weight is 365 g/mol. The minimum Gasteiger partial charge on any atom is -0.467 e. The van der Waals surface area contributed by atoms with E-state index in [0.29, 0.717) is 11.0 Å². The first-order valence-electron chi connectivity index (χ1n) is 8.26.